The van der Waals surface area contributed by atoms with Crippen LogP contribution in [0.3, 0.4) is 0 Å². The summed E-state index contributed by atoms with van der Waals surface area (Å²) >= 11 is 0. The third-order valence-electron chi connectivity index (χ3n) is 2.37. The molecule has 8 heteroatoms. The van der Waals surface area contributed by atoms with E-state index in [9.17, 15) is 14.9 Å². The second kappa shape index (κ2) is 5.80. The molecule has 0 fully saturated rings. The first kappa shape index (κ1) is 13.7. The number of anilines is 2. The van der Waals surface area contributed by atoms with Crippen molar-refractivity contribution < 1.29 is 9.72 Å². The Labute approximate surface area is 104 Å². The Hall–Kier alpha value is -2.38. The monoisotopic (exact) mass is 253 g/mol. The van der Waals surface area contributed by atoms with E-state index in [1.807, 2.05) is 0 Å². The Kier molecular flexibility index (Phi) is 4.41. The summed E-state index contributed by atoms with van der Waals surface area (Å²) in [5.74, 6) is 0.0208. The van der Waals surface area contributed by atoms with Crippen LogP contribution in [0.2, 0.25) is 0 Å². The van der Waals surface area contributed by atoms with Gasteiger partial charge in [0.25, 0.3) is 0 Å². The van der Waals surface area contributed by atoms with Gasteiger partial charge in [0.2, 0.25) is 11.7 Å². The fraction of sp³-hybridized carbons (Fsp3) is 0.400. The van der Waals surface area contributed by atoms with Crippen LogP contribution in [0.5, 0.6) is 0 Å². The average molecular weight is 253 g/mol. The standard InChI is InChI=1S/C10H15N5O3/c1-3-14(6-9(16)12-2)10-7(15(17)18)4-5-8(11)13-10/h4-5H,3,6H2,1-2H3,(H2,11,13)(H,12,16). The zero-order valence-corrected chi connectivity index (χ0v) is 10.2. The van der Waals surface area contributed by atoms with Gasteiger partial charge >= 0.3 is 5.69 Å². The number of nitrogen functional groups attached to an aromatic ring is 1. The highest BCUT2D eigenvalue weighted by Gasteiger charge is 2.22. The molecule has 1 heterocycles. The predicted octanol–water partition coefficient (Wildman–Crippen LogP) is 0.144. The van der Waals surface area contributed by atoms with E-state index in [1.165, 1.54) is 24.1 Å². The summed E-state index contributed by atoms with van der Waals surface area (Å²) in [5.41, 5.74) is 5.35. The van der Waals surface area contributed by atoms with Crippen LogP contribution < -0.4 is 16.0 Å². The molecule has 0 aliphatic heterocycles. The van der Waals surface area contributed by atoms with Crippen molar-refractivity contribution in [2.24, 2.45) is 0 Å². The summed E-state index contributed by atoms with van der Waals surface area (Å²) in [6.45, 7) is 2.17. The van der Waals surface area contributed by atoms with E-state index in [4.69, 9.17) is 5.73 Å². The lowest BCUT2D eigenvalue weighted by Gasteiger charge is -2.20. The second-order valence-electron chi connectivity index (χ2n) is 3.52. The molecule has 0 saturated carbocycles. The molecule has 0 saturated heterocycles. The lowest BCUT2D eigenvalue weighted by molar-refractivity contribution is -0.384. The maximum absolute atomic E-state index is 11.3. The van der Waals surface area contributed by atoms with Crippen molar-refractivity contribution in [2.75, 3.05) is 30.8 Å². The number of amides is 1. The first-order valence-electron chi connectivity index (χ1n) is 5.36. The molecule has 1 amide bonds. The number of rotatable bonds is 5. The molecule has 0 spiro atoms. The van der Waals surface area contributed by atoms with Gasteiger partial charge in [0.15, 0.2) is 0 Å². The Bertz CT molecular complexity index is 463. The van der Waals surface area contributed by atoms with Gasteiger partial charge in [0.1, 0.15) is 5.82 Å². The number of hydrogen-bond donors (Lipinski definition) is 2. The maximum atomic E-state index is 11.3. The van der Waals surface area contributed by atoms with Gasteiger partial charge in [-0.2, -0.15) is 0 Å². The number of aromatic nitrogens is 1. The number of nitrogens with two attached hydrogens (primary N) is 1. The normalized spacial score (nSPS) is 9.89. The summed E-state index contributed by atoms with van der Waals surface area (Å²) in [5, 5.41) is 13.4. The largest absolute Gasteiger partial charge is 0.384 e. The molecule has 0 atom stereocenters. The van der Waals surface area contributed by atoms with E-state index in [2.05, 4.69) is 10.3 Å². The molecule has 0 aliphatic rings. The van der Waals surface area contributed by atoms with E-state index >= 15 is 0 Å². The second-order valence-corrected chi connectivity index (χ2v) is 3.52. The fourth-order valence-corrected chi connectivity index (χ4v) is 1.42. The average Bonchev–Trinajstić information content (AvgIpc) is 2.35. The summed E-state index contributed by atoms with van der Waals surface area (Å²) in [6, 6.07) is 2.64. The molecule has 0 radical (unpaired) electrons. The van der Waals surface area contributed by atoms with Crippen molar-refractivity contribution in [3.05, 3.63) is 22.2 Å². The van der Waals surface area contributed by atoms with Crippen LogP contribution in [0.1, 0.15) is 6.92 Å². The van der Waals surface area contributed by atoms with Crippen molar-refractivity contribution in [3.8, 4) is 0 Å². The van der Waals surface area contributed by atoms with Crippen LogP contribution in [-0.2, 0) is 4.79 Å². The van der Waals surface area contributed by atoms with Gasteiger partial charge in [-0.05, 0) is 13.0 Å². The Morgan fingerprint density at radius 2 is 2.28 bits per heavy atom. The Morgan fingerprint density at radius 1 is 1.61 bits per heavy atom. The van der Waals surface area contributed by atoms with Crippen LogP contribution in [0, 0.1) is 10.1 Å². The van der Waals surface area contributed by atoms with Gasteiger partial charge in [-0.15, -0.1) is 0 Å². The smallest absolute Gasteiger partial charge is 0.311 e. The lowest BCUT2D eigenvalue weighted by atomic mass is 10.3. The SMILES string of the molecule is CCN(CC(=O)NC)c1nc(N)ccc1[N+](=O)[O-]. The van der Waals surface area contributed by atoms with Crippen molar-refractivity contribution in [1.29, 1.82) is 0 Å². The Morgan fingerprint density at radius 3 is 2.78 bits per heavy atom. The van der Waals surface area contributed by atoms with Gasteiger partial charge in [0.05, 0.1) is 11.5 Å². The molecule has 1 aromatic heterocycles. The van der Waals surface area contributed by atoms with E-state index in [0.717, 1.165) is 0 Å². The van der Waals surface area contributed by atoms with Gasteiger partial charge in [-0.25, -0.2) is 4.98 Å². The quantitative estimate of drug-likeness (QED) is 0.570. The summed E-state index contributed by atoms with van der Waals surface area (Å²) in [6.07, 6.45) is 0. The van der Waals surface area contributed by atoms with E-state index in [0.29, 0.717) is 6.54 Å². The number of nitrogens with one attached hydrogen (secondary N) is 1. The molecule has 0 aromatic carbocycles. The highest BCUT2D eigenvalue weighted by molar-refractivity contribution is 5.81. The molecule has 0 bridgehead atoms. The lowest BCUT2D eigenvalue weighted by Crippen LogP contribution is -2.36. The highest BCUT2D eigenvalue weighted by atomic mass is 16.6. The number of nitrogens with zero attached hydrogens (tertiary/aromatic N) is 3. The Balaban J connectivity index is 3.14. The molecule has 8 nitrogen and oxygen atoms in total. The minimum absolute atomic E-state index is 0.00963. The molecular weight excluding hydrogens is 238 g/mol. The summed E-state index contributed by atoms with van der Waals surface area (Å²) in [7, 11) is 1.50. The molecular formula is C10H15N5O3. The van der Waals surface area contributed by atoms with Gasteiger partial charge in [0, 0.05) is 19.7 Å². The number of carbonyl (C=O) groups excluding carboxylic acids is 1. The van der Waals surface area contributed by atoms with E-state index < -0.39 is 4.92 Å². The third kappa shape index (κ3) is 3.06. The van der Waals surface area contributed by atoms with Gasteiger partial charge in [-0.3, -0.25) is 14.9 Å². The zero-order valence-electron chi connectivity index (χ0n) is 10.2. The predicted molar refractivity (Wildman–Crippen MR) is 67.3 cm³/mol. The van der Waals surface area contributed by atoms with Crippen molar-refractivity contribution >= 4 is 23.2 Å². The summed E-state index contributed by atoms with van der Waals surface area (Å²) < 4.78 is 0. The molecule has 98 valence electrons. The number of likely N-dealkylation sites (N-methyl/N-ethyl adjacent to an activating group) is 2. The minimum atomic E-state index is -0.547. The highest BCUT2D eigenvalue weighted by Crippen LogP contribution is 2.26. The number of nitro groups is 1. The van der Waals surface area contributed by atoms with Crippen LogP contribution in [-0.4, -0.2) is 36.0 Å². The zero-order chi connectivity index (χ0) is 13.7. The number of hydrogen-bond acceptors (Lipinski definition) is 6. The minimum Gasteiger partial charge on any atom is -0.384 e. The van der Waals surface area contributed by atoms with Crippen LogP contribution in [0.15, 0.2) is 12.1 Å². The van der Waals surface area contributed by atoms with Crippen molar-refractivity contribution in [1.82, 2.24) is 10.3 Å². The van der Waals surface area contributed by atoms with E-state index in [-0.39, 0.29) is 29.8 Å². The summed E-state index contributed by atoms with van der Waals surface area (Å²) in [4.78, 5) is 27.1. The van der Waals surface area contributed by atoms with Gasteiger partial charge < -0.3 is 16.0 Å². The van der Waals surface area contributed by atoms with E-state index in [1.54, 1.807) is 6.92 Å². The third-order valence-corrected chi connectivity index (χ3v) is 2.37. The van der Waals surface area contributed by atoms with Crippen molar-refractivity contribution in [2.45, 2.75) is 6.92 Å². The molecule has 1 aromatic rings. The molecule has 18 heavy (non-hydrogen) atoms. The first-order valence-corrected chi connectivity index (χ1v) is 5.36. The van der Waals surface area contributed by atoms with Crippen molar-refractivity contribution in [3.63, 3.8) is 0 Å². The molecule has 0 aliphatic carbocycles. The topological polar surface area (TPSA) is 114 Å². The fourth-order valence-electron chi connectivity index (χ4n) is 1.42. The van der Waals surface area contributed by atoms with Gasteiger partial charge in [-0.1, -0.05) is 0 Å². The molecule has 0 unspecified atom stereocenters. The maximum Gasteiger partial charge on any atom is 0.311 e. The van der Waals surface area contributed by atoms with Crippen LogP contribution in [0.25, 0.3) is 0 Å². The first-order chi connectivity index (χ1) is 8.49. The molecule has 1 rings (SSSR count). The molecule has 3 N–H and O–H groups in total. The van der Waals surface area contributed by atoms with Crippen LogP contribution in [0.4, 0.5) is 17.3 Å². The van der Waals surface area contributed by atoms with Crippen LogP contribution >= 0.6 is 0 Å². The number of pyridine rings is 1. The number of carbonyl (C=O) groups is 1.